The van der Waals surface area contributed by atoms with Crippen LogP contribution in [0.1, 0.15) is 18.4 Å². The molecular formula is C17H17N3O5. The smallest absolute Gasteiger partial charge is 0.269 e. The summed E-state index contributed by atoms with van der Waals surface area (Å²) >= 11 is 0. The van der Waals surface area contributed by atoms with Crippen LogP contribution in [0.3, 0.4) is 0 Å². The van der Waals surface area contributed by atoms with Crippen molar-refractivity contribution in [1.82, 2.24) is 10.2 Å². The molecule has 4 rings (SSSR count). The summed E-state index contributed by atoms with van der Waals surface area (Å²) in [5.41, 5.74) is 0.685. The number of nitrogens with one attached hydrogen (secondary N) is 1. The number of nitro benzene ring substituents is 1. The number of hydrogen-bond donors (Lipinski definition) is 1. The number of carbonyl (C=O) groups is 3. The summed E-state index contributed by atoms with van der Waals surface area (Å²) in [6.07, 6.45) is 2.01. The molecule has 1 N–H and O–H groups in total. The molecule has 0 spiro atoms. The second-order valence-electron chi connectivity index (χ2n) is 6.92. The molecule has 3 fully saturated rings. The first-order valence-corrected chi connectivity index (χ1v) is 8.32. The molecule has 1 unspecified atom stereocenters. The first-order chi connectivity index (χ1) is 12.0. The summed E-state index contributed by atoms with van der Waals surface area (Å²) in [6, 6.07) is 5.84. The Labute approximate surface area is 143 Å². The van der Waals surface area contributed by atoms with Gasteiger partial charge in [-0.3, -0.25) is 29.4 Å². The number of benzene rings is 1. The maximum atomic E-state index is 12.3. The highest BCUT2D eigenvalue weighted by Crippen LogP contribution is 2.61. The van der Waals surface area contributed by atoms with Gasteiger partial charge in [0.1, 0.15) is 6.54 Å². The fourth-order valence-corrected chi connectivity index (χ4v) is 4.26. The van der Waals surface area contributed by atoms with Gasteiger partial charge in [-0.1, -0.05) is 12.1 Å². The van der Waals surface area contributed by atoms with Crippen molar-refractivity contribution in [3.63, 3.8) is 0 Å². The SMILES string of the molecule is O=C(CN1C(=O)[C@@H]2[C@H](C1=O)C1CC[C@@H]12)NCc1ccc([N+](=O)[O-])cc1. The molecule has 2 saturated carbocycles. The number of non-ortho nitro benzene ring substituents is 1. The second-order valence-corrected chi connectivity index (χ2v) is 6.92. The number of hydrogen-bond acceptors (Lipinski definition) is 5. The fourth-order valence-electron chi connectivity index (χ4n) is 4.26. The summed E-state index contributed by atoms with van der Waals surface area (Å²) < 4.78 is 0. The summed E-state index contributed by atoms with van der Waals surface area (Å²) in [7, 11) is 0. The van der Waals surface area contributed by atoms with E-state index in [0.29, 0.717) is 17.4 Å². The van der Waals surface area contributed by atoms with Crippen LogP contribution >= 0.6 is 0 Å². The normalized spacial score (nSPS) is 29.4. The lowest BCUT2D eigenvalue weighted by Crippen LogP contribution is -2.54. The zero-order valence-corrected chi connectivity index (χ0v) is 13.4. The van der Waals surface area contributed by atoms with E-state index in [2.05, 4.69) is 5.32 Å². The van der Waals surface area contributed by atoms with Crippen molar-refractivity contribution < 1.29 is 19.3 Å². The van der Waals surface area contributed by atoms with E-state index in [1.807, 2.05) is 0 Å². The van der Waals surface area contributed by atoms with Crippen LogP contribution in [-0.2, 0) is 20.9 Å². The lowest BCUT2D eigenvalue weighted by Gasteiger charge is -2.53. The lowest BCUT2D eigenvalue weighted by atomic mass is 9.48. The van der Waals surface area contributed by atoms with Gasteiger partial charge in [0.15, 0.2) is 0 Å². The van der Waals surface area contributed by atoms with Gasteiger partial charge in [-0.25, -0.2) is 0 Å². The van der Waals surface area contributed by atoms with Crippen molar-refractivity contribution in [2.75, 3.05) is 6.54 Å². The first kappa shape index (κ1) is 15.7. The number of nitrogens with zero attached hydrogens (tertiary/aromatic N) is 2. The molecule has 0 bridgehead atoms. The predicted molar refractivity (Wildman–Crippen MR) is 84.9 cm³/mol. The molecule has 4 atom stereocenters. The van der Waals surface area contributed by atoms with Gasteiger partial charge in [-0.2, -0.15) is 0 Å². The van der Waals surface area contributed by atoms with E-state index < -0.39 is 10.8 Å². The molecule has 3 aliphatic rings. The van der Waals surface area contributed by atoms with Crippen molar-refractivity contribution in [2.24, 2.45) is 23.7 Å². The average Bonchev–Trinajstić information content (AvgIpc) is 2.76. The Hall–Kier alpha value is -2.77. The average molecular weight is 343 g/mol. The maximum Gasteiger partial charge on any atom is 0.269 e. The molecule has 2 aliphatic carbocycles. The minimum Gasteiger partial charge on any atom is -0.350 e. The van der Waals surface area contributed by atoms with Crippen LogP contribution in [0.25, 0.3) is 0 Å². The van der Waals surface area contributed by atoms with Gasteiger partial charge in [-0.05, 0) is 30.2 Å². The molecule has 1 aromatic rings. The van der Waals surface area contributed by atoms with Gasteiger partial charge < -0.3 is 5.32 Å². The lowest BCUT2D eigenvalue weighted by molar-refractivity contribution is -0.384. The maximum absolute atomic E-state index is 12.3. The van der Waals surface area contributed by atoms with Crippen molar-refractivity contribution in [3.8, 4) is 0 Å². The number of amides is 3. The summed E-state index contributed by atoms with van der Waals surface area (Å²) in [5, 5.41) is 13.3. The summed E-state index contributed by atoms with van der Waals surface area (Å²) in [5.74, 6) is -0.539. The monoisotopic (exact) mass is 343 g/mol. The van der Waals surface area contributed by atoms with Crippen LogP contribution in [0.5, 0.6) is 0 Å². The summed E-state index contributed by atoms with van der Waals surface area (Å²) in [6.45, 7) is -0.0672. The molecule has 1 heterocycles. The quantitative estimate of drug-likeness (QED) is 0.484. The van der Waals surface area contributed by atoms with Crippen molar-refractivity contribution in [3.05, 3.63) is 39.9 Å². The minimum absolute atomic E-state index is 0.0200. The number of carbonyl (C=O) groups excluding carboxylic acids is 3. The zero-order chi connectivity index (χ0) is 17.7. The highest BCUT2D eigenvalue weighted by atomic mass is 16.6. The van der Waals surface area contributed by atoms with Crippen molar-refractivity contribution >= 4 is 23.4 Å². The van der Waals surface area contributed by atoms with Gasteiger partial charge in [0.2, 0.25) is 17.7 Å². The van der Waals surface area contributed by atoms with Gasteiger partial charge in [0, 0.05) is 18.7 Å². The minimum atomic E-state index is -0.492. The summed E-state index contributed by atoms with van der Waals surface area (Å²) in [4.78, 5) is 48.0. The third-order valence-corrected chi connectivity index (χ3v) is 5.73. The van der Waals surface area contributed by atoms with Gasteiger partial charge in [-0.15, -0.1) is 0 Å². The Morgan fingerprint density at radius 2 is 1.68 bits per heavy atom. The Balaban J connectivity index is 1.32. The highest BCUT2D eigenvalue weighted by Gasteiger charge is 2.67. The first-order valence-electron chi connectivity index (χ1n) is 8.32. The topological polar surface area (TPSA) is 110 Å². The molecule has 1 aliphatic heterocycles. The Morgan fingerprint density at radius 1 is 1.12 bits per heavy atom. The molecule has 1 saturated heterocycles. The van der Waals surface area contributed by atoms with Crippen molar-refractivity contribution in [1.29, 1.82) is 0 Å². The molecule has 3 amide bonds. The Kier molecular flexibility index (Phi) is 3.55. The molecule has 8 nitrogen and oxygen atoms in total. The number of likely N-dealkylation sites (tertiary alicyclic amines) is 1. The van der Waals surface area contributed by atoms with E-state index in [1.54, 1.807) is 12.1 Å². The fraction of sp³-hybridized carbons (Fsp3) is 0.471. The third-order valence-electron chi connectivity index (χ3n) is 5.73. The number of fused-ring (bicyclic) bond motifs is 4. The largest absolute Gasteiger partial charge is 0.350 e. The van der Waals surface area contributed by atoms with Crippen LogP contribution in [0.4, 0.5) is 5.69 Å². The van der Waals surface area contributed by atoms with Crippen LogP contribution in [0, 0.1) is 33.8 Å². The van der Waals surface area contributed by atoms with Crippen LogP contribution in [-0.4, -0.2) is 34.1 Å². The molecular weight excluding hydrogens is 326 g/mol. The van der Waals surface area contributed by atoms with E-state index in [1.165, 1.54) is 12.1 Å². The molecule has 0 aromatic heterocycles. The molecule has 0 radical (unpaired) electrons. The van der Waals surface area contributed by atoms with Crippen LogP contribution in [0.2, 0.25) is 0 Å². The van der Waals surface area contributed by atoms with E-state index in [4.69, 9.17) is 0 Å². The Bertz CT molecular complexity index is 747. The second kappa shape index (κ2) is 5.65. The Morgan fingerprint density at radius 3 is 2.16 bits per heavy atom. The molecule has 8 heteroatoms. The van der Waals surface area contributed by atoms with Crippen LogP contribution in [0.15, 0.2) is 24.3 Å². The molecule has 25 heavy (non-hydrogen) atoms. The van der Waals surface area contributed by atoms with E-state index in [9.17, 15) is 24.5 Å². The predicted octanol–water partition coefficient (Wildman–Crippen LogP) is 0.852. The zero-order valence-electron chi connectivity index (χ0n) is 13.4. The van der Waals surface area contributed by atoms with Gasteiger partial charge in [0.25, 0.3) is 5.69 Å². The number of imide groups is 1. The highest BCUT2D eigenvalue weighted by molar-refractivity contribution is 6.09. The molecule has 130 valence electrons. The van der Waals surface area contributed by atoms with E-state index in [-0.39, 0.29) is 42.4 Å². The van der Waals surface area contributed by atoms with Gasteiger partial charge >= 0.3 is 0 Å². The van der Waals surface area contributed by atoms with Gasteiger partial charge in [0.05, 0.1) is 16.8 Å². The van der Waals surface area contributed by atoms with E-state index >= 15 is 0 Å². The van der Waals surface area contributed by atoms with E-state index in [0.717, 1.165) is 17.7 Å². The van der Waals surface area contributed by atoms with Crippen LogP contribution < -0.4 is 5.32 Å². The standard InChI is InChI=1S/C17H17N3O5/c21-13(18-7-9-1-3-10(4-2-9)20(24)25)8-19-16(22)14-11-5-6-12(11)15(14)17(19)23/h1-4,11-12,14-15H,5-8H2,(H,18,21)/t11-,12?,14-,15+/m0/s1. The number of rotatable bonds is 5. The van der Waals surface area contributed by atoms with Crippen molar-refractivity contribution in [2.45, 2.75) is 19.4 Å². The molecule has 1 aromatic carbocycles. The number of nitro groups is 1. The third kappa shape index (κ3) is 2.40.